The van der Waals surface area contributed by atoms with Crippen molar-refractivity contribution in [3.05, 3.63) is 24.3 Å². The lowest BCUT2D eigenvalue weighted by Gasteiger charge is -2.34. The number of carbonyl (C=O) groups excluding carboxylic acids is 1. The lowest BCUT2D eigenvalue weighted by Crippen LogP contribution is -2.55. The number of benzene rings is 1. The summed E-state index contributed by atoms with van der Waals surface area (Å²) in [5.74, 6) is 0.878. The van der Waals surface area contributed by atoms with Crippen LogP contribution in [0.3, 0.4) is 0 Å². The van der Waals surface area contributed by atoms with Gasteiger partial charge in [0, 0.05) is 19.6 Å². The summed E-state index contributed by atoms with van der Waals surface area (Å²) in [7, 11) is 0. The third-order valence-electron chi connectivity index (χ3n) is 3.59. The quantitative estimate of drug-likeness (QED) is 0.606. The first-order chi connectivity index (χ1) is 9.72. The van der Waals surface area contributed by atoms with Crippen LogP contribution in [-0.4, -0.2) is 43.1 Å². The number of carbonyl (C=O) groups is 1. The largest absolute Gasteiger partial charge is 0.491 e. The van der Waals surface area contributed by atoms with Crippen molar-refractivity contribution >= 4 is 11.6 Å². The minimum Gasteiger partial charge on any atom is -0.491 e. The second kappa shape index (κ2) is 7.14. The summed E-state index contributed by atoms with van der Waals surface area (Å²) in [6.45, 7) is 5.19. The van der Waals surface area contributed by atoms with Crippen LogP contribution in [0.4, 0.5) is 5.69 Å². The number of amides is 1. The fourth-order valence-corrected chi connectivity index (χ4v) is 2.54. The van der Waals surface area contributed by atoms with Crippen LogP contribution in [0.1, 0.15) is 19.8 Å². The van der Waals surface area contributed by atoms with E-state index in [9.17, 15) is 4.79 Å². The lowest BCUT2D eigenvalue weighted by atomic mass is 10.1. The molecule has 1 aromatic rings. The Morgan fingerprint density at radius 2 is 2.25 bits per heavy atom. The van der Waals surface area contributed by atoms with Crippen molar-refractivity contribution in [1.82, 2.24) is 10.2 Å². The molecule has 0 spiro atoms. The van der Waals surface area contributed by atoms with E-state index in [1.54, 1.807) is 0 Å². The first-order valence-corrected chi connectivity index (χ1v) is 7.21. The molecule has 5 nitrogen and oxygen atoms in total. The SMILES string of the molecule is CCC1C(=O)NCCN1CCCOc1ccccc1N. The van der Waals surface area contributed by atoms with Crippen LogP contribution in [0.15, 0.2) is 24.3 Å². The van der Waals surface area contributed by atoms with Crippen LogP contribution < -0.4 is 15.8 Å². The van der Waals surface area contributed by atoms with Crippen LogP contribution in [0, 0.1) is 0 Å². The zero-order valence-electron chi connectivity index (χ0n) is 12.0. The molecule has 1 heterocycles. The van der Waals surface area contributed by atoms with Crippen molar-refractivity contribution in [2.75, 3.05) is 32.0 Å². The van der Waals surface area contributed by atoms with Gasteiger partial charge in [0.15, 0.2) is 0 Å². The Labute approximate surface area is 120 Å². The Morgan fingerprint density at radius 1 is 1.45 bits per heavy atom. The van der Waals surface area contributed by atoms with E-state index in [4.69, 9.17) is 10.5 Å². The maximum Gasteiger partial charge on any atom is 0.237 e. The zero-order chi connectivity index (χ0) is 14.4. The van der Waals surface area contributed by atoms with Crippen LogP contribution in [-0.2, 0) is 4.79 Å². The molecule has 0 aliphatic carbocycles. The van der Waals surface area contributed by atoms with Gasteiger partial charge in [-0.25, -0.2) is 0 Å². The van der Waals surface area contributed by atoms with Crippen molar-refractivity contribution in [2.24, 2.45) is 0 Å². The summed E-state index contributed by atoms with van der Waals surface area (Å²) in [4.78, 5) is 14.0. The molecular weight excluding hydrogens is 254 g/mol. The van der Waals surface area contributed by atoms with Gasteiger partial charge in [-0.1, -0.05) is 19.1 Å². The molecule has 1 aromatic carbocycles. The standard InChI is InChI=1S/C15H23N3O2/c1-2-13-15(19)17-8-10-18(13)9-5-11-20-14-7-4-3-6-12(14)16/h3-4,6-7,13H,2,5,8-11,16H2,1H3,(H,17,19). The highest BCUT2D eigenvalue weighted by Gasteiger charge is 2.27. The number of rotatable bonds is 6. The monoisotopic (exact) mass is 277 g/mol. The molecule has 1 saturated heterocycles. The fraction of sp³-hybridized carbons (Fsp3) is 0.533. The highest BCUT2D eigenvalue weighted by molar-refractivity contribution is 5.82. The number of anilines is 1. The van der Waals surface area contributed by atoms with Gasteiger partial charge in [0.1, 0.15) is 5.75 Å². The predicted octanol–water partition coefficient (Wildman–Crippen LogP) is 1.25. The van der Waals surface area contributed by atoms with Gasteiger partial charge in [-0.05, 0) is 25.0 Å². The Kier molecular flexibility index (Phi) is 5.24. The van der Waals surface area contributed by atoms with E-state index in [1.807, 2.05) is 31.2 Å². The summed E-state index contributed by atoms with van der Waals surface area (Å²) in [6.07, 6.45) is 1.73. The van der Waals surface area contributed by atoms with Gasteiger partial charge < -0.3 is 15.8 Å². The van der Waals surface area contributed by atoms with E-state index in [2.05, 4.69) is 10.2 Å². The Hall–Kier alpha value is -1.75. The molecule has 1 amide bonds. The maximum atomic E-state index is 11.7. The molecule has 1 aliphatic rings. The van der Waals surface area contributed by atoms with Crippen molar-refractivity contribution in [3.8, 4) is 5.75 Å². The number of nitrogen functional groups attached to an aromatic ring is 1. The third kappa shape index (κ3) is 3.63. The van der Waals surface area contributed by atoms with Crippen molar-refractivity contribution in [2.45, 2.75) is 25.8 Å². The molecule has 1 fully saturated rings. The van der Waals surface area contributed by atoms with Gasteiger partial charge in [0.2, 0.25) is 5.91 Å². The summed E-state index contributed by atoms with van der Waals surface area (Å²) in [6, 6.07) is 7.51. The van der Waals surface area contributed by atoms with E-state index in [0.717, 1.165) is 38.2 Å². The fourth-order valence-electron chi connectivity index (χ4n) is 2.54. The lowest BCUT2D eigenvalue weighted by molar-refractivity contribution is -0.129. The smallest absolute Gasteiger partial charge is 0.237 e. The first-order valence-electron chi connectivity index (χ1n) is 7.21. The van der Waals surface area contributed by atoms with Gasteiger partial charge in [-0.2, -0.15) is 0 Å². The minimum absolute atomic E-state index is 0.00513. The molecule has 0 bridgehead atoms. The normalized spacial score (nSPS) is 19.6. The number of para-hydroxylation sites is 2. The number of nitrogens with zero attached hydrogens (tertiary/aromatic N) is 1. The number of nitrogens with two attached hydrogens (primary N) is 1. The molecule has 1 atom stereocenters. The Balaban J connectivity index is 1.75. The van der Waals surface area contributed by atoms with Crippen LogP contribution >= 0.6 is 0 Å². The topological polar surface area (TPSA) is 67.6 Å². The molecule has 20 heavy (non-hydrogen) atoms. The second-order valence-electron chi connectivity index (χ2n) is 4.99. The minimum atomic E-state index is 0.00513. The van der Waals surface area contributed by atoms with E-state index in [0.29, 0.717) is 12.3 Å². The summed E-state index contributed by atoms with van der Waals surface area (Å²) in [5, 5.41) is 2.91. The average Bonchev–Trinajstić information content (AvgIpc) is 2.45. The van der Waals surface area contributed by atoms with Gasteiger partial charge in [-0.3, -0.25) is 9.69 Å². The van der Waals surface area contributed by atoms with Crippen molar-refractivity contribution < 1.29 is 9.53 Å². The molecule has 110 valence electrons. The second-order valence-corrected chi connectivity index (χ2v) is 4.99. The van der Waals surface area contributed by atoms with Crippen LogP contribution in [0.5, 0.6) is 5.75 Å². The maximum absolute atomic E-state index is 11.7. The summed E-state index contributed by atoms with van der Waals surface area (Å²) < 4.78 is 5.67. The first kappa shape index (κ1) is 14.7. The van der Waals surface area contributed by atoms with Gasteiger partial charge in [-0.15, -0.1) is 0 Å². The molecule has 1 aliphatic heterocycles. The number of hydrogen-bond acceptors (Lipinski definition) is 4. The molecule has 0 aromatic heterocycles. The van der Waals surface area contributed by atoms with Gasteiger partial charge in [0.05, 0.1) is 18.3 Å². The van der Waals surface area contributed by atoms with E-state index in [-0.39, 0.29) is 11.9 Å². The third-order valence-corrected chi connectivity index (χ3v) is 3.59. The average molecular weight is 277 g/mol. The number of hydrogen-bond donors (Lipinski definition) is 2. The highest BCUT2D eigenvalue weighted by Crippen LogP contribution is 2.19. The molecular formula is C15H23N3O2. The van der Waals surface area contributed by atoms with Gasteiger partial charge in [0.25, 0.3) is 0 Å². The zero-order valence-corrected chi connectivity index (χ0v) is 12.0. The van der Waals surface area contributed by atoms with E-state index >= 15 is 0 Å². The highest BCUT2D eigenvalue weighted by atomic mass is 16.5. The molecule has 2 rings (SSSR count). The Morgan fingerprint density at radius 3 is 3.00 bits per heavy atom. The number of nitrogens with one attached hydrogen (secondary N) is 1. The number of ether oxygens (including phenoxy) is 1. The summed E-state index contributed by atoms with van der Waals surface area (Å²) >= 11 is 0. The molecule has 1 unspecified atom stereocenters. The summed E-state index contributed by atoms with van der Waals surface area (Å²) in [5.41, 5.74) is 6.48. The molecule has 5 heteroatoms. The van der Waals surface area contributed by atoms with Gasteiger partial charge >= 0.3 is 0 Å². The number of piperazine rings is 1. The van der Waals surface area contributed by atoms with Crippen LogP contribution in [0.2, 0.25) is 0 Å². The Bertz CT molecular complexity index is 450. The van der Waals surface area contributed by atoms with Crippen LogP contribution in [0.25, 0.3) is 0 Å². The van der Waals surface area contributed by atoms with E-state index in [1.165, 1.54) is 0 Å². The predicted molar refractivity (Wildman–Crippen MR) is 79.6 cm³/mol. The van der Waals surface area contributed by atoms with Crippen molar-refractivity contribution in [1.29, 1.82) is 0 Å². The van der Waals surface area contributed by atoms with E-state index < -0.39 is 0 Å². The van der Waals surface area contributed by atoms with Crippen molar-refractivity contribution in [3.63, 3.8) is 0 Å². The molecule has 0 radical (unpaired) electrons. The molecule has 0 saturated carbocycles. The molecule has 3 N–H and O–H groups in total.